The van der Waals surface area contributed by atoms with Crippen molar-refractivity contribution in [2.75, 3.05) is 32.5 Å². The number of pyridine rings is 1. The SMILES string of the molecule is COc1ccc2nccc([C@@H](F)CC[C@@H]3CCN(CCSc4ccccc4C)C[C@@H]3CC(=O)O)c2c1. The molecule has 0 amide bonds. The highest BCUT2D eigenvalue weighted by Gasteiger charge is 2.31. The molecule has 192 valence electrons. The lowest BCUT2D eigenvalue weighted by Crippen LogP contribution is -2.42. The molecule has 3 aromatic rings. The fourth-order valence-corrected chi connectivity index (χ4v) is 6.30. The molecule has 0 aliphatic carbocycles. The largest absolute Gasteiger partial charge is 0.497 e. The van der Waals surface area contributed by atoms with Gasteiger partial charge in [0.25, 0.3) is 0 Å². The Balaban J connectivity index is 1.35. The molecule has 0 saturated carbocycles. The summed E-state index contributed by atoms with van der Waals surface area (Å²) in [6.07, 6.45) is 2.62. The first-order valence-corrected chi connectivity index (χ1v) is 13.6. The van der Waals surface area contributed by atoms with E-state index in [1.54, 1.807) is 19.4 Å². The predicted octanol–water partition coefficient (Wildman–Crippen LogP) is 6.55. The molecular formula is C29H35FN2O3S. The van der Waals surface area contributed by atoms with Crippen LogP contribution in [-0.4, -0.2) is 53.5 Å². The van der Waals surface area contributed by atoms with Crippen LogP contribution >= 0.6 is 11.8 Å². The summed E-state index contributed by atoms with van der Waals surface area (Å²) in [4.78, 5) is 19.6. The Morgan fingerprint density at radius 1 is 1.25 bits per heavy atom. The number of alkyl halides is 1. The molecule has 0 radical (unpaired) electrons. The molecule has 1 N–H and O–H groups in total. The van der Waals surface area contributed by atoms with Crippen molar-refractivity contribution < 1.29 is 19.0 Å². The van der Waals surface area contributed by atoms with Gasteiger partial charge in [0, 0.05) is 41.7 Å². The highest BCUT2D eigenvalue weighted by atomic mass is 32.2. The standard InChI is InChI=1S/C29H35FN2O3S/c1-20-5-3-4-6-28(20)36-16-15-32-14-12-21(22(19-32)17-29(33)34)7-9-26(30)24-11-13-31-27-10-8-23(35-2)18-25(24)27/h3-6,8,10-11,13,18,21-22,26H,7,9,12,14-17,19H2,1-2H3,(H,33,34)/t21-,22+,26+/m1/s1. The molecular weight excluding hydrogens is 475 g/mol. The van der Waals surface area contributed by atoms with Gasteiger partial charge < -0.3 is 14.7 Å². The second kappa shape index (κ2) is 12.5. The number of carbonyl (C=O) groups is 1. The van der Waals surface area contributed by atoms with Gasteiger partial charge in [0.1, 0.15) is 11.9 Å². The van der Waals surface area contributed by atoms with Crippen molar-refractivity contribution in [2.24, 2.45) is 11.8 Å². The lowest BCUT2D eigenvalue weighted by Gasteiger charge is -2.38. The molecule has 1 aromatic heterocycles. The van der Waals surface area contributed by atoms with Crippen molar-refractivity contribution in [2.45, 2.75) is 43.7 Å². The summed E-state index contributed by atoms with van der Waals surface area (Å²) in [6, 6.07) is 15.6. The summed E-state index contributed by atoms with van der Waals surface area (Å²) in [5, 5.41) is 10.3. The number of rotatable bonds is 11. The van der Waals surface area contributed by atoms with Crippen LogP contribution in [0.1, 0.15) is 43.0 Å². The number of methoxy groups -OCH3 is 1. The Morgan fingerprint density at radius 2 is 2.08 bits per heavy atom. The fraction of sp³-hybridized carbons (Fsp3) is 0.448. The predicted molar refractivity (Wildman–Crippen MR) is 144 cm³/mol. The minimum absolute atomic E-state index is 0.0428. The summed E-state index contributed by atoms with van der Waals surface area (Å²) in [6.45, 7) is 4.75. The van der Waals surface area contributed by atoms with Gasteiger partial charge in [-0.25, -0.2) is 4.39 Å². The highest BCUT2D eigenvalue weighted by molar-refractivity contribution is 7.99. The maximum absolute atomic E-state index is 15.5. The Hall–Kier alpha value is -2.64. The number of aryl methyl sites for hydroxylation is 1. The number of likely N-dealkylation sites (tertiary alicyclic amines) is 1. The van der Waals surface area contributed by atoms with Gasteiger partial charge in [-0.1, -0.05) is 18.2 Å². The maximum Gasteiger partial charge on any atom is 0.303 e. The first kappa shape index (κ1) is 26.4. The first-order valence-electron chi connectivity index (χ1n) is 12.6. The van der Waals surface area contributed by atoms with E-state index in [-0.39, 0.29) is 18.3 Å². The van der Waals surface area contributed by atoms with Gasteiger partial charge in [-0.05, 0) is 86.0 Å². The first-order chi connectivity index (χ1) is 17.4. The van der Waals surface area contributed by atoms with E-state index in [9.17, 15) is 9.90 Å². The molecule has 0 bridgehead atoms. The van der Waals surface area contributed by atoms with Gasteiger partial charge in [0.15, 0.2) is 0 Å². The molecule has 1 fully saturated rings. The van der Waals surface area contributed by atoms with Crippen LogP contribution in [-0.2, 0) is 4.79 Å². The molecule has 3 atom stereocenters. The highest BCUT2D eigenvalue weighted by Crippen LogP contribution is 2.36. The molecule has 1 saturated heterocycles. The third kappa shape index (κ3) is 6.77. The third-order valence-electron chi connectivity index (χ3n) is 7.28. The van der Waals surface area contributed by atoms with Crippen molar-refractivity contribution in [1.82, 2.24) is 9.88 Å². The second-order valence-electron chi connectivity index (χ2n) is 9.65. The lowest BCUT2D eigenvalue weighted by atomic mass is 9.79. The van der Waals surface area contributed by atoms with E-state index in [0.29, 0.717) is 24.2 Å². The van der Waals surface area contributed by atoms with Crippen LogP contribution in [0.3, 0.4) is 0 Å². The number of hydrogen-bond donors (Lipinski definition) is 1. The van der Waals surface area contributed by atoms with Crippen LogP contribution in [0.4, 0.5) is 4.39 Å². The molecule has 1 aliphatic heterocycles. The number of ether oxygens (including phenoxy) is 1. The molecule has 2 aromatic carbocycles. The van der Waals surface area contributed by atoms with Crippen molar-refractivity contribution in [3.63, 3.8) is 0 Å². The van der Waals surface area contributed by atoms with Crippen LogP contribution in [0.15, 0.2) is 59.6 Å². The molecule has 1 aliphatic rings. The van der Waals surface area contributed by atoms with Crippen molar-refractivity contribution in [3.05, 3.63) is 65.9 Å². The third-order valence-corrected chi connectivity index (χ3v) is 8.44. The zero-order chi connectivity index (χ0) is 25.5. The number of piperidine rings is 1. The number of benzene rings is 2. The minimum Gasteiger partial charge on any atom is -0.497 e. The molecule has 7 heteroatoms. The van der Waals surface area contributed by atoms with Gasteiger partial charge in [-0.3, -0.25) is 9.78 Å². The number of aromatic nitrogens is 1. The van der Waals surface area contributed by atoms with E-state index < -0.39 is 12.1 Å². The summed E-state index contributed by atoms with van der Waals surface area (Å²) in [5.41, 5.74) is 2.65. The summed E-state index contributed by atoms with van der Waals surface area (Å²) >= 11 is 1.85. The van der Waals surface area contributed by atoms with Crippen LogP contribution in [0.25, 0.3) is 10.9 Å². The zero-order valence-corrected chi connectivity index (χ0v) is 21.8. The topological polar surface area (TPSA) is 62.7 Å². The van der Waals surface area contributed by atoms with E-state index >= 15 is 4.39 Å². The number of hydrogen-bond acceptors (Lipinski definition) is 5. The minimum atomic E-state index is -1.13. The number of nitrogens with zero attached hydrogens (tertiary/aromatic N) is 2. The van der Waals surface area contributed by atoms with Gasteiger partial charge in [0.05, 0.1) is 12.6 Å². The molecule has 36 heavy (non-hydrogen) atoms. The number of fused-ring (bicyclic) bond motifs is 1. The van der Waals surface area contributed by atoms with E-state index in [2.05, 4.69) is 41.1 Å². The van der Waals surface area contributed by atoms with Gasteiger partial charge in [-0.15, -0.1) is 11.8 Å². The number of halogens is 1. The van der Waals surface area contributed by atoms with Crippen LogP contribution in [0.5, 0.6) is 5.75 Å². The van der Waals surface area contributed by atoms with E-state index in [1.165, 1.54) is 10.5 Å². The average Bonchev–Trinajstić information content (AvgIpc) is 2.88. The van der Waals surface area contributed by atoms with Crippen molar-refractivity contribution in [1.29, 1.82) is 0 Å². The van der Waals surface area contributed by atoms with Crippen molar-refractivity contribution in [3.8, 4) is 5.75 Å². The Bertz CT molecular complexity index is 1170. The Morgan fingerprint density at radius 3 is 2.86 bits per heavy atom. The van der Waals surface area contributed by atoms with Crippen LogP contribution in [0, 0.1) is 18.8 Å². The molecule has 0 spiro atoms. The van der Waals surface area contributed by atoms with E-state index in [1.807, 2.05) is 30.0 Å². The smallest absolute Gasteiger partial charge is 0.303 e. The van der Waals surface area contributed by atoms with Crippen molar-refractivity contribution >= 4 is 28.6 Å². The molecule has 4 rings (SSSR count). The number of aliphatic carboxylic acids is 1. The zero-order valence-electron chi connectivity index (χ0n) is 21.0. The second-order valence-corrected chi connectivity index (χ2v) is 10.8. The van der Waals surface area contributed by atoms with Crippen LogP contribution < -0.4 is 4.74 Å². The Labute approximate surface area is 217 Å². The quantitative estimate of drug-likeness (QED) is 0.295. The normalized spacial score (nSPS) is 19.3. The van der Waals surface area contributed by atoms with Gasteiger partial charge in [-0.2, -0.15) is 0 Å². The molecule has 0 unspecified atom stereocenters. The van der Waals surface area contributed by atoms with Gasteiger partial charge in [0.2, 0.25) is 0 Å². The lowest BCUT2D eigenvalue weighted by molar-refractivity contribution is -0.139. The van der Waals surface area contributed by atoms with E-state index in [4.69, 9.17) is 4.74 Å². The maximum atomic E-state index is 15.5. The number of carboxylic acids is 1. The summed E-state index contributed by atoms with van der Waals surface area (Å²) in [7, 11) is 1.60. The summed E-state index contributed by atoms with van der Waals surface area (Å²) < 4.78 is 20.8. The number of carboxylic acid groups (broad SMARTS) is 1. The van der Waals surface area contributed by atoms with Gasteiger partial charge >= 0.3 is 5.97 Å². The average molecular weight is 511 g/mol. The summed E-state index contributed by atoms with van der Waals surface area (Å²) in [5.74, 6) is 1.13. The van der Waals surface area contributed by atoms with E-state index in [0.717, 1.165) is 42.7 Å². The fourth-order valence-electron chi connectivity index (χ4n) is 5.26. The monoisotopic (exact) mass is 510 g/mol. The van der Waals surface area contributed by atoms with Crippen LogP contribution in [0.2, 0.25) is 0 Å². The molecule has 2 heterocycles. The molecule has 5 nitrogen and oxygen atoms in total. The Kier molecular flexibility index (Phi) is 9.21. The number of thioether (sulfide) groups is 1.